The lowest BCUT2D eigenvalue weighted by Crippen LogP contribution is -2.26. The van der Waals surface area contributed by atoms with Crippen molar-refractivity contribution in [3.8, 4) is 0 Å². The molecule has 1 amide bonds. The molecule has 0 saturated carbocycles. The number of carbonyl (C=O) groups excluding carboxylic acids is 1. The molecule has 1 N–H and O–H groups in total. The predicted molar refractivity (Wildman–Crippen MR) is 75.7 cm³/mol. The van der Waals surface area contributed by atoms with Crippen molar-refractivity contribution in [1.82, 2.24) is 10.3 Å². The first-order valence-corrected chi connectivity index (χ1v) is 6.54. The summed E-state index contributed by atoms with van der Waals surface area (Å²) in [7, 11) is 0. The van der Waals surface area contributed by atoms with E-state index in [0.29, 0.717) is 6.42 Å². The highest BCUT2D eigenvalue weighted by atomic mass is 16.1. The average Bonchev–Trinajstić information content (AvgIpc) is 2.46. The summed E-state index contributed by atoms with van der Waals surface area (Å²) < 4.78 is 0. The van der Waals surface area contributed by atoms with Crippen molar-refractivity contribution >= 4 is 5.91 Å². The van der Waals surface area contributed by atoms with Crippen LogP contribution in [0.4, 0.5) is 0 Å². The molecule has 19 heavy (non-hydrogen) atoms. The molecule has 0 aliphatic rings. The van der Waals surface area contributed by atoms with Crippen molar-refractivity contribution < 1.29 is 4.79 Å². The highest BCUT2D eigenvalue weighted by Gasteiger charge is 2.02. The standard InChI is InChI=1S/C16H18N2O/c19-16(13-15-8-11-17-12-9-15)18-10-4-7-14-5-2-1-3-6-14/h1-3,5-6,8-9,11-12H,4,7,10,13H2,(H,18,19). The van der Waals surface area contributed by atoms with Gasteiger partial charge in [-0.1, -0.05) is 30.3 Å². The third-order valence-corrected chi connectivity index (χ3v) is 2.92. The highest BCUT2D eigenvalue weighted by molar-refractivity contribution is 5.78. The Bertz CT molecular complexity index is 497. The number of nitrogens with zero attached hydrogens (tertiary/aromatic N) is 1. The first-order valence-electron chi connectivity index (χ1n) is 6.54. The van der Waals surface area contributed by atoms with Crippen LogP contribution in [0.5, 0.6) is 0 Å². The number of rotatable bonds is 6. The molecule has 0 spiro atoms. The molecule has 98 valence electrons. The molecule has 0 atom stereocenters. The number of aromatic nitrogens is 1. The van der Waals surface area contributed by atoms with Crippen LogP contribution >= 0.6 is 0 Å². The van der Waals surface area contributed by atoms with Gasteiger partial charge >= 0.3 is 0 Å². The van der Waals surface area contributed by atoms with Gasteiger partial charge in [0.05, 0.1) is 6.42 Å². The number of nitrogens with one attached hydrogen (secondary N) is 1. The van der Waals surface area contributed by atoms with Gasteiger partial charge in [-0.3, -0.25) is 9.78 Å². The Morgan fingerprint density at radius 3 is 2.47 bits per heavy atom. The van der Waals surface area contributed by atoms with Crippen LogP contribution in [0.15, 0.2) is 54.9 Å². The van der Waals surface area contributed by atoms with Gasteiger partial charge < -0.3 is 5.32 Å². The van der Waals surface area contributed by atoms with Gasteiger partial charge in [-0.25, -0.2) is 0 Å². The zero-order valence-corrected chi connectivity index (χ0v) is 10.9. The van der Waals surface area contributed by atoms with Gasteiger partial charge in [0, 0.05) is 18.9 Å². The fourth-order valence-corrected chi connectivity index (χ4v) is 1.91. The van der Waals surface area contributed by atoms with Crippen molar-refractivity contribution in [2.24, 2.45) is 0 Å². The van der Waals surface area contributed by atoms with E-state index in [1.807, 2.05) is 30.3 Å². The zero-order chi connectivity index (χ0) is 13.3. The molecule has 0 aliphatic heterocycles. The Labute approximate surface area is 113 Å². The second-order valence-corrected chi connectivity index (χ2v) is 4.47. The van der Waals surface area contributed by atoms with E-state index in [9.17, 15) is 4.79 Å². The number of pyridine rings is 1. The number of carbonyl (C=O) groups is 1. The second-order valence-electron chi connectivity index (χ2n) is 4.47. The van der Waals surface area contributed by atoms with Crippen LogP contribution < -0.4 is 5.32 Å². The summed E-state index contributed by atoms with van der Waals surface area (Å²) in [6.45, 7) is 0.721. The van der Waals surface area contributed by atoms with Gasteiger partial charge in [0.2, 0.25) is 5.91 Å². The molecule has 0 unspecified atom stereocenters. The first kappa shape index (κ1) is 13.3. The number of amides is 1. The molecule has 3 heteroatoms. The van der Waals surface area contributed by atoms with Gasteiger partial charge in [0.15, 0.2) is 0 Å². The summed E-state index contributed by atoms with van der Waals surface area (Å²) in [5.41, 5.74) is 2.31. The third-order valence-electron chi connectivity index (χ3n) is 2.92. The molecule has 0 radical (unpaired) electrons. The molecule has 0 fully saturated rings. The average molecular weight is 254 g/mol. The van der Waals surface area contributed by atoms with E-state index in [-0.39, 0.29) is 5.91 Å². The Morgan fingerprint density at radius 1 is 1.00 bits per heavy atom. The molecule has 2 aromatic rings. The molecule has 2 rings (SSSR count). The van der Waals surface area contributed by atoms with Crippen LogP contribution in [-0.2, 0) is 17.6 Å². The van der Waals surface area contributed by atoms with Gasteiger partial charge in [-0.2, -0.15) is 0 Å². The molecule has 1 heterocycles. The maximum atomic E-state index is 11.7. The minimum atomic E-state index is 0.0688. The monoisotopic (exact) mass is 254 g/mol. The molecule has 0 bridgehead atoms. The number of hydrogen-bond donors (Lipinski definition) is 1. The van der Waals surface area contributed by atoms with E-state index in [1.54, 1.807) is 12.4 Å². The van der Waals surface area contributed by atoms with Crippen molar-refractivity contribution in [1.29, 1.82) is 0 Å². The molecule has 0 aliphatic carbocycles. The lowest BCUT2D eigenvalue weighted by Gasteiger charge is -2.05. The van der Waals surface area contributed by atoms with Crippen molar-refractivity contribution in [2.75, 3.05) is 6.54 Å². The number of benzene rings is 1. The summed E-state index contributed by atoms with van der Waals surface area (Å²) in [6, 6.07) is 14.0. The molecule has 1 aromatic heterocycles. The van der Waals surface area contributed by atoms with Gasteiger partial charge in [0.25, 0.3) is 0 Å². The summed E-state index contributed by atoms with van der Waals surface area (Å²) in [5.74, 6) is 0.0688. The number of hydrogen-bond acceptors (Lipinski definition) is 2. The smallest absolute Gasteiger partial charge is 0.224 e. The summed E-state index contributed by atoms with van der Waals surface area (Å²) in [4.78, 5) is 15.6. The second kappa shape index (κ2) is 7.31. The fraction of sp³-hybridized carbons (Fsp3) is 0.250. The van der Waals surface area contributed by atoms with Crippen LogP contribution in [0.1, 0.15) is 17.5 Å². The zero-order valence-electron chi connectivity index (χ0n) is 10.9. The van der Waals surface area contributed by atoms with Crippen molar-refractivity contribution in [2.45, 2.75) is 19.3 Å². The molecule has 0 saturated heterocycles. The fourth-order valence-electron chi connectivity index (χ4n) is 1.91. The van der Waals surface area contributed by atoms with E-state index in [1.165, 1.54) is 5.56 Å². The van der Waals surface area contributed by atoms with E-state index >= 15 is 0 Å². The normalized spacial score (nSPS) is 10.1. The quantitative estimate of drug-likeness (QED) is 0.804. The molecular weight excluding hydrogens is 236 g/mol. The topological polar surface area (TPSA) is 42.0 Å². The first-order chi connectivity index (χ1) is 9.34. The van der Waals surface area contributed by atoms with E-state index in [4.69, 9.17) is 0 Å². The van der Waals surface area contributed by atoms with Crippen LogP contribution in [0.2, 0.25) is 0 Å². The van der Waals surface area contributed by atoms with Crippen LogP contribution in [0.25, 0.3) is 0 Å². The van der Waals surface area contributed by atoms with E-state index in [2.05, 4.69) is 22.4 Å². The van der Waals surface area contributed by atoms with Gasteiger partial charge in [-0.05, 0) is 36.1 Å². The highest BCUT2D eigenvalue weighted by Crippen LogP contribution is 2.02. The molecule has 3 nitrogen and oxygen atoms in total. The Balaban J connectivity index is 1.65. The largest absolute Gasteiger partial charge is 0.356 e. The van der Waals surface area contributed by atoms with E-state index < -0.39 is 0 Å². The SMILES string of the molecule is O=C(Cc1ccncc1)NCCCc1ccccc1. The van der Waals surface area contributed by atoms with Crippen LogP contribution in [0.3, 0.4) is 0 Å². The van der Waals surface area contributed by atoms with E-state index in [0.717, 1.165) is 24.9 Å². The lowest BCUT2D eigenvalue weighted by atomic mass is 10.1. The van der Waals surface area contributed by atoms with Crippen molar-refractivity contribution in [3.05, 3.63) is 66.0 Å². The number of aryl methyl sites for hydroxylation is 1. The Morgan fingerprint density at radius 2 is 1.74 bits per heavy atom. The minimum Gasteiger partial charge on any atom is -0.356 e. The van der Waals surface area contributed by atoms with Crippen LogP contribution in [0, 0.1) is 0 Å². The van der Waals surface area contributed by atoms with Crippen molar-refractivity contribution in [3.63, 3.8) is 0 Å². The third kappa shape index (κ3) is 4.92. The van der Waals surface area contributed by atoms with Gasteiger partial charge in [0.1, 0.15) is 0 Å². The summed E-state index contributed by atoms with van der Waals surface area (Å²) >= 11 is 0. The molecular formula is C16H18N2O. The molecule has 1 aromatic carbocycles. The predicted octanol–water partition coefficient (Wildman–Crippen LogP) is 2.37. The lowest BCUT2D eigenvalue weighted by molar-refractivity contribution is -0.120. The Hall–Kier alpha value is -2.16. The minimum absolute atomic E-state index is 0.0688. The Kier molecular flexibility index (Phi) is 5.11. The maximum Gasteiger partial charge on any atom is 0.224 e. The summed E-state index contributed by atoms with van der Waals surface area (Å²) in [5, 5.41) is 2.94. The summed E-state index contributed by atoms with van der Waals surface area (Å²) in [6.07, 6.45) is 5.80. The van der Waals surface area contributed by atoms with Gasteiger partial charge in [-0.15, -0.1) is 0 Å². The van der Waals surface area contributed by atoms with Crippen LogP contribution in [-0.4, -0.2) is 17.4 Å². The maximum absolute atomic E-state index is 11.7.